The van der Waals surface area contributed by atoms with Crippen LogP contribution in [-0.2, 0) is 0 Å². The topological polar surface area (TPSA) is 97.2 Å². The number of carbonyl (C=O) groups is 1. The van der Waals surface area contributed by atoms with Gasteiger partial charge in [0.1, 0.15) is 9.09 Å². The molecule has 0 aromatic carbocycles. The Morgan fingerprint density at radius 1 is 1.35 bits per heavy atom. The Morgan fingerprint density at radius 3 is 2.62 bits per heavy atom. The number of amides is 1. The summed E-state index contributed by atoms with van der Waals surface area (Å²) in [6, 6.07) is 1.37. The first-order valence-electron chi connectivity index (χ1n) is 7.72. The SMILES string of the molecule is O=C(NC1CCNCC1)c1cc([N+](=O)[O-])c(Sc2c(Cl)cncc2Cl)s1. The van der Waals surface area contributed by atoms with E-state index in [0.29, 0.717) is 24.0 Å². The molecule has 1 fully saturated rings. The maximum Gasteiger partial charge on any atom is 0.294 e. The molecule has 2 aromatic heterocycles. The standard InChI is InChI=1S/C15H14Cl2N4O3S2/c16-9-6-19-7-10(17)13(9)26-15-11(21(23)24)5-12(25-15)14(22)20-8-1-3-18-4-2-8/h5-8,18H,1-4H2,(H,20,22). The molecule has 26 heavy (non-hydrogen) atoms. The molecule has 0 saturated carbocycles. The van der Waals surface area contributed by atoms with Crippen molar-refractivity contribution < 1.29 is 9.72 Å². The van der Waals surface area contributed by atoms with Crippen LogP contribution in [-0.4, -0.2) is 34.9 Å². The molecular weight excluding hydrogens is 419 g/mol. The lowest BCUT2D eigenvalue weighted by Crippen LogP contribution is -2.42. The van der Waals surface area contributed by atoms with E-state index in [1.807, 2.05) is 0 Å². The summed E-state index contributed by atoms with van der Waals surface area (Å²) < 4.78 is 0.348. The zero-order valence-electron chi connectivity index (χ0n) is 13.3. The van der Waals surface area contributed by atoms with Gasteiger partial charge in [0.2, 0.25) is 0 Å². The number of thiophene rings is 1. The molecule has 0 aliphatic carbocycles. The molecule has 0 atom stereocenters. The lowest BCUT2D eigenvalue weighted by molar-refractivity contribution is -0.387. The predicted octanol–water partition coefficient (Wildman–Crippen LogP) is 3.99. The van der Waals surface area contributed by atoms with Crippen molar-refractivity contribution >= 4 is 57.9 Å². The third-order valence-corrected chi connectivity index (χ3v) is 7.03. The first-order valence-corrected chi connectivity index (χ1v) is 10.1. The maximum absolute atomic E-state index is 12.5. The van der Waals surface area contributed by atoms with Crippen molar-refractivity contribution in [3.63, 3.8) is 0 Å². The fourth-order valence-electron chi connectivity index (χ4n) is 2.49. The molecule has 138 valence electrons. The number of hydrogen-bond donors (Lipinski definition) is 2. The molecule has 2 aromatic rings. The number of pyridine rings is 1. The van der Waals surface area contributed by atoms with E-state index >= 15 is 0 Å². The van der Waals surface area contributed by atoms with Crippen LogP contribution in [0.4, 0.5) is 5.69 Å². The largest absolute Gasteiger partial charge is 0.349 e. The first-order chi connectivity index (χ1) is 12.5. The van der Waals surface area contributed by atoms with Gasteiger partial charge in [0, 0.05) is 24.5 Å². The Labute approximate surface area is 167 Å². The summed E-state index contributed by atoms with van der Waals surface area (Å²) in [5.74, 6) is -0.302. The summed E-state index contributed by atoms with van der Waals surface area (Å²) in [6.07, 6.45) is 4.51. The van der Waals surface area contributed by atoms with Crippen LogP contribution in [0, 0.1) is 10.1 Å². The zero-order valence-corrected chi connectivity index (χ0v) is 16.5. The predicted molar refractivity (Wildman–Crippen MR) is 103 cm³/mol. The fraction of sp³-hybridized carbons (Fsp3) is 0.333. The molecule has 0 bridgehead atoms. The van der Waals surface area contributed by atoms with Gasteiger partial charge in [-0.1, -0.05) is 35.0 Å². The first kappa shape index (κ1) is 19.4. The highest BCUT2D eigenvalue weighted by Crippen LogP contribution is 2.45. The fourth-order valence-corrected chi connectivity index (χ4v) is 5.26. The van der Waals surface area contributed by atoms with E-state index < -0.39 is 4.92 Å². The van der Waals surface area contributed by atoms with Gasteiger partial charge in [-0.05, 0) is 25.9 Å². The monoisotopic (exact) mass is 432 g/mol. The Hall–Kier alpha value is -1.39. The summed E-state index contributed by atoms with van der Waals surface area (Å²) in [7, 11) is 0. The lowest BCUT2D eigenvalue weighted by Gasteiger charge is -2.23. The minimum Gasteiger partial charge on any atom is -0.349 e. The van der Waals surface area contributed by atoms with Crippen molar-refractivity contribution in [1.29, 1.82) is 0 Å². The molecular formula is C15H14Cl2N4O3S2. The molecule has 1 saturated heterocycles. The summed E-state index contributed by atoms with van der Waals surface area (Å²) in [6.45, 7) is 1.69. The second-order valence-electron chi connectivity index (χ2n) is 5.57. The highest BCUT2D eigenvalue weighted by molar-refractivity contribution is 8.01. The molecule has 3 heterocycles. The van der Waals surface area contributed by atoms with Gasteiger partial charge in [-0.3, -0.25) is 19.9 Å². The Balaban J connectivity index is 1.84. The van der Waals surface area contributed by atoms with Crippen LogP contribution in [0.1, 0.15) is 22.5 Å². The Bertz CT molecular complexity index is 820. The van der Waals surface area contributed by atoms with E-state index in [9.17, 15) is 14.9 Å². The van der Waals surface area contributed by atoms with Crippen LogP contribution in [0.2, 0.25) is 10.0 Å². The number of carbonyl (C=O) groups excluding carboxylic acids is 1. The van der Waals surface area contributed by atoms with Gasteiger partial charge in [-0.15, -0.1) is 11.3 Å². The molecule has 3 rings (SSSR count). The quantitative estimate of drug-likeness (QED) is 0.547. The number of halogens is 2. The number of hydrogen-bond acceptors (Lipinski definition) is 7. The molecule has 11 heteroatoms. The van der Waals surface area contributed by atoms with Crippen molar-refractivity contribution in [2.75, 3.05) is 13.1 Å². The third-order valence-electron chi connectivity index (χ3n) is 3.78. The minimum atomic E-state index is -0.511. The van der Waals surface area contributed by atoms with Crippen LogP contribution in [0.3, 0.4) is 0 Å². The van der Waals surface area contributed by atoms with E-state index in [2.05, 4.69) is 15.6 Å². The minimum absolute atomic E-state index is 0.0742. The summed E-state index contributed by atoms with van der Waals surface area (Å²) in [5, 5.41) is 18.1. The molecule has 1 aliphatic heterocycles. The normalized spacial score (nSPS) is 15.0. The molecule has 0 unspecified atom stereocenters. The smallest absolute Gasteiger partial charge is 0.294 e. The highest BCUT2D eigenvalue weighted by Gasteiger charge is 2.26. The number of nitrogens with one attached hydrogen (secondary N) is 2. The van der Waals surface area contributed by atoms with Gasteiger partial charge in [0.15, 0.2) is 0 Å². The van der Waals surface area contributed by atoms with Crippen LogP contribution < -0.4 is 10.6 Å². The van der Waals surface area contributed by atoms with Crippen molar-refractivity contribution in [3.8, 4) is 0 Å². The lowest BCUT2D eigenvalue weighted by atomic mass is 10.1. The maximum atomic E-state index is 12.5. The average molecular weight is 433 g/mol. The summed E-state index contributed by atoms with van der Waals surface area (Å²) in [5.41, 5.74) is -0.139. The molecule has 7 nitrogen and oxygen atoms in total. The van der Waals surface area contributed by atoms with Gasteiger partial charge >= 0.3 is 0 Å². The highest BCUT2D eigenvalue weighted by atomic mass is 35.5. The van der Waals surface area contributed by atoms with Crippen molar-refractivity contribution in [1.82, 2.24) is 15.6 Å². The number of piperidine rings is 1. The molecule has 1 aliphatic rings. The van der Waals surface area contributed by atoms with Crippen LogP contribution in [0.15, 0.2) is 27.6 Å². The zero-order chi connectivity index (χ0) is 18.7. The molecule has 0 radical (unpaired) electrons. The van der Waals surface area contributed by atoms with E-state index in [4.69, 9.17) is 23.2 Å². The van der Waals surface area contributed by atoms with Gasteiger partial charge in [-0.25, -0.2) is 0 Å². The van der Waals surface area contributed by atoms with Crippen LogP contribution in [0.25, 0.3) is 0 Å². The summed E-state index contributed by atoms with van der Waals surface area (Å²) in [4.78, 5) is 28.0. The molecule has 0 spiro atoms. The van der Waals surface area contributed by atoms with Crippen LogP contribution >= 0.6 is 46.3 Å². The van der Waals surface area contributed by atoms with E-state index in [1.54, 1.807) is 0 Å². The summed E-state index contributed by atoms with van der Waals surface area (Å²) >= 11 is 14.3. The number of nitrogens with zero attached hydrogens (tertiary/aromatic N) is 2. The van der Waals surface area contributed by atoms with Gasteiger partial charge in [-0.2, -0.15) is 0 Å². The number of rotatable bonds is 5. The van der Waals surface area contributed by atoms with E-state index in [1.165, 1.54) is 18.5 Å². The second kappa shape index (κ2) is 8.53. The number of nitro groups is 1. The average Bonchev–Trinajstić information content (AvgIpc) is 3.04. The molecule has 2 N–H and O–H groups in total. The Morgan fingerprint density at radius 2 is 2.00 bits per heavy atom. The molecule has 1 amide bonds. The van der Waals surface area contributed by atoms with Gasteiger partial charge in [0.25, 0.3) is 11.6 Å². The van der Waals surface area contributed by atoms with Crippen molar-refractivity contribution in [2.24, 2.45) is 0 Å². The van der Waals surface area contributed by atoms with Gasteiger partial charge < -0.3 is 10.6 Å². The Kier molecular flexibility index (Phi) is 6.36. The van der Waals surface area contributed by atoms with Gasteiger partial charge in [0.05, 0.1) is 19.9 Å². The number of aromatic nitrogens is 1. The van der Waals surface area contributed by atoms with Crippen molar-refractivity contribution in [2.45, 2.75) is 28.0 Å². The van der Waals surface area contributed by atoms with Crippen molar-refractivity contribution in [3.05, 3.63) is 43.5 Å². The third kappa shape index (κ3) is 4.47. The second-order valence-corrected chi connectivity index (χ2v) is 8.72. The van der Waals surface area contributed by atoms with Crippen LogP contribution in [0.5, 0.6) is 0 Å². The van der Waals surface area contributed by atoms with E-state index in [0.717, 1.165) is 49.0 Å². The van der Waals surface area contributed by atoms with E-state index in [-0.39, 0.29) is 17.6 Å².